The minimum absolute atomic E-state index is 0.0869. The van der Waals surface area contributed by atoms with Crippen LogP contribution in [0.1, 0.15) is 5.69 Å². The zero-order valence-electron chi connectivity index (χ0n) is 7.53. The molecule has 0 spiro atoms. The van der Waals surface area contributed by atoms with Crippen LogP contribution >= 0.6 is 0 Å². The Balaban J connectivity index is 2.56. The van der Waals surface area contributed by atoms with Crippen molar-refractivity contribution in [3.63, 3.8) is 0 Å². The summed E-state index contributed by atoms with van der Waals surface area (Å²) in [5.41, 5.74) is 0.818. The van der Waals surface area contributed by atoms with Crippen molar-refractivity contribution in [3.8, 4) is 0 Å². The molecule has 0 saturated carbocycles. The maximum Gasteiger partial charge on any atom is 0.129 e. The fourth-order valence-corrected chi connectivity index (χ4v) is 0.905. The number of aliphatic hydroxyl groups excluding tert-OH is 1. The molecule has 1 aromatic rings. The van der Waals surface area contributed by atoms with Gasteiger partial charge in [0, 0.05) is 19.7 Å². The molecule has 2 N–H and O–H groups in total. The summed E-state index contributed by atoms with van der Waals surface area (Å²) in [5.74, 6) is 0.705. The van der Waals surface area contributed by atoms with Crippen molar-refractivity contribution in [1.29, 1.82) is 0 Å². The Kier molecular flexibility index (Phi) is 4.14. The summed E-state index contributed by atoms with van der Waals surface area (Å²) in [4.78, 5) is 7.97. The van der Waals surface area contributed by atoms with Gasteiger partial charge in [0.25, 0.3) is 0 Å². The van der Waals surface area contributed by atoms with Crippen LogP contribution < -0.4 is 5.32 Å². The first-order valence-electron chi connectivity index (χ1n) is 4.01. The van der Waals surface area contributed by atoms with E-state index in [4.69, 9.17) is 9.84 Å². The summed E-state index contributed by atoms with van der Waals surface area (Å²) in [6.45, 7) is 1.05. The van der Waals surface area contributed by atoms with E-state index in [-0.39, 0.29) is 6.61 Å². The fraction of sp³-hybridized carbons (Fsp3) is 0.500. The zero-order chi connectivity index (χ0) is 9.52. The highest BCUT2D eigenvalue weighted by Gasteiger charge is 1.96. The molecule has 0 fully saturated rings. The van der Waals surface area contributed by atoms with E-state index >= 15 is 0 Å². The van der Waals surface area contributed by atoms with Crippen LogP contribution in [0.3, 0.4) is 0 Å². The van der Waals surface area contributed by atoms with Crippen LogP contribution in [0.2, 0.25) is 0 Å². The number of rotatable bonds is 5. The van der Waals surface area contributed by atoms with E-state index in [9.17, 15) is 0 Å². The van der Waals surface area contributed by atoms with E-state index in [0.29, 0.717) is 19.0 Å². The normalized spacial score (nSPS) is 10.0. The van der Waals surface area contributed by atoms with Crippen molar-refractivity contribution >= 4 is 5.82 Å². The molecule has 1 heterocycles. The van der Waals surface area contributed by atoms with Gasteiger partial charge in [-0.25, -0.2) is 9.97 Å². The summed E-state index contributed by atoms with van der Waals surface area (Å²) in [6.07, 6.45) is 1.47. The molecule has 0 bridgehead atoms. The molecule has 0 unspecified atom stereocenters. The Morgan fingerprint density at radius 3 is 3.08 bits per heavy atom. The Hall–Kier alpha value is -1.20. The number of ether oxygens (including phenoxy) is 1. The van der Waals surface area contributed by atoms with Gasteiger partial charge >= 0.3 is 0 Å². The molecule has 0 aliphatic rings. The Labute approximate surface area is 76.8 Å². The van der Waals surface area contributed by atoms with Gasteiger partial charge in [-0.3, -0.25) is 0 Å². The number of aliphatic hydroxyl groups is 1. The summed E-state index contributed by atoms with van der Waals surface area (Å²) >= 11 is 0. The number of anilines is 1. The van der Waals surface area contributed by atoms with Gasteiger partial charge < -0.3 is 15.2 Å². The highest BCUT2D eigenvalue weighted by atomic mass is 16.5. The van der Waals surface area contributed by atoms with Gasteiger partial charge in [-0.1, -0.05) is 0 Å². The molecule has 1 rings (SSSR count). The Morgan fingerprint density at radius 2 is 2.38 bits per heavy atom. The summed E-state index contributed by atoms with van der Waals surface area (Å²) in [5, 5.41) is 11.5. The minimum atomic E-state index is 0.0869. The third-order valence-corrected chi connectivity index (χ3v) is 1.43. The second-order valence-corrected chi connectivity index (χ2v) is 2.48. The van der Waals surface area contributed by atoms with Crippen LogP contribution in [0.5, 0.6) is 0 Å². The lowest BCUT2D eigenvalue weighted by Crippen LogP contribution is -2.07. The number of hydrogen-bond donors (Lipinski definition) is 2. The number of methoxy groups -OCH3 is 1. The molecule has 72 valence electrons. The molecule has 1 aromatic heterocycles. The first kappa shape index (κ1) is 9.88. The van der Waals surface area contributed by atoms with Gasteiger partial charge in [-0.05, 0) is 0 Å². The molecule has 0 aromatic carbocycles. The average Bonchev–Trinajstić information content (AvgIpc) is 2.16. The third-order valence-electron chi connectivity index (χ3n) is 1.43. The van der Waals surface area contributed by atoms with E-state index in [0.717, 1.165) is 5.69 Å². The van der Waals surface area contributed by atoms with E-state index in [1.54, 1.807) is 13.2 Å². The highest BCUT2D eigenvalue weighted by molar-refractivity contribution is 5.34. The minimum Gasteiger partial charge on any atom is -0.395 e. The van der Waals surface area contributed by atoms with Crippen LogP contribution in [0.25, 0.3) is 0 Å². The molecule has 0 aliphatic heterocycles. The van der Waals surface area contributed by atoms with Crippen molar-refractivity contribution in [2.45, 2.75) is 6.61 Å². The first-order valence-corrected chi connectivity index (χ1v) is 4.01. The van der Waals surface area contributed by atoms with Gasteiger partial charge in [0.1, 0.15) is 12.1 Å². The molecular weight excluding hydrogens is 170 g/mol. The van der Waals surface area contributed by atoms with Gasteiger partial charge in [0.2, 0.25) is 0 Å². The molecule has 0 atom stereocenters. The van der Waals surface area contributed by atoms with E-state index in [2.05, 4.69) is 15.3 Å². The van der Waals surface area contributed by atoms with Crippen LogP contribution in [0, 0.1) is 0 Å². The second kappa shape index (κ2) is 5.45. The van der Waals surface area contributed by atoms with Crippen molar-refractivity contribution in [1.82, 2.24) is 9.97 Å². The van der Waals surface area contributed by atoms with E-state index in [1.165, 1.54) is 6.33 Å². The molecule has 0 radical (unpaired) electrons. The molecular formula is C8H13N3O2. The third kappa shape index (κ3) is 3.35. The zero-order valence-corrected chi connectivity index (χ0v) is 7.53. The number of nitrogens with zero attached hydrogens (tertiary/aromatic N) is 2. The summed E-state index contributed by atoms with van der Waals surface area (Å²) < 4.78 is 4.92. The predicted molar refractivity (Wildman–Crippen MR) is 48.3 cm³/mol. The predicted octanol–water partition coefficient (Wildman–Crippen LogP) is 0.0272. The molecule has 5 nitrogen and oxygen atoms in total. The summed E-state index contributed by atoms with van der Waals surface area (Å²) in [6, 6.07) is 1.79. The fourth-order valence-electron chi connectivity index (χ4n) is 0.905. The maximum absolute atomic E-state index is 8.57. The highest BCUT2D eigenvalue weighted by Crippen LogP contribution is 2.03. The van der Waals surface area contributed by atoms with E-state index in [1.807, 2.05) is 0 Å². The molecule has 0 saturated heterocycles. The molecule has 0 aliphatic carbocycles. The van der Waals surface area contributed by atoms with Crippen molar-refractivity contribution in [2.75, 3.05) is 25.6 Å². The second-order valence-electron chi connectivity index (χ2n) is 2.48. The van der Waals surface area contributed by atoms with Gasteiger partial charge in [-0.15, -0.1) is 0 Å². The van der Waals surface area contributed by atoms with Crippen molar-refractivity contribution in [3.05, 3.63) is 18.1 Å². The van der Waals surface area contributed by atoms with Crippen LogP contribution in [0.4, 0.5) is 5.82 Å². The Bertz CT molecular complexity index is 255. The SMILES string of the molecule is COCc1cc(NCCO)ncn1. The maximum atomic E-state index is 8.57. The van der Waals surface area contributed by atoms with Crippen LogP contribution in [0.15, 0.2) is 12.4 Å². The lowest BCUT2D eigenvalue weighted by molar-refractivity contribution is 0.181. The molecule has 0 amide bonds. The van der Waals surface area contributed by atoms with Crippen LogP contribution in [-0.2, 0) is 11.3 Å². The Morgan fingerprint density at radius 1 is 1.54 bits per heavy atom. The smallest absolute Gasteiger partial charge is 0.129 e. The van der Waals surface area contributed by atoms with Gasteiger partial charge in [0.05, 0.1) is 18.9 Å². The van der Waals surface area contributed by atoms with E-state index < -0.39 is 0 Å². The molecule has 13 heavy (non-hydrogen) atoms. The lowest BCUT2D eigenvalue weighted by Gasteiger charge is -2.04. The number of aromatic nitrogens is 2. The number of nitrogens with one attached hydrogen (secondary N) is 1. The van der Waals surface area contributed by atoms with Crippen molar-refractivity contribution < 1.29 is 9.84 Å². The van der Waals surface area contributed by atoms with Crippen LogP contribution in [-0.4, -0.2) is 35.3 Å². The quantitative estimate of drug-likeness (QED) is 0.674. The van der Waals surface area contributed by atoms with Crippen molar-refractivity contribution in [2.24, 2.45) is 0 Å². The largest absolute Gasteiger partial charge is 0.395 e. The number of hydrogen-bond acceptors (Lipinski definition) is 5. The molecule has 5 heteroatoms. The van der Waals surface area contributed by atoms with Gasteiger partial charge in [-0.2, -0.15) is 0 Å². The standard InChI is InChI=1S/C8H13N3O2/c1-13-5-7-4-8(9-2-3-12)11-6-10-7/h4,6,12H,2-3,5H2,1H3,(H,9,10,11). The van der Waals surface area contributed by atoms with Gasteiger partial charge in [0.15, 0.2) is 0 Å². The average molecular weight is 183 g/mol. The monoisotopic (exact) mass is 183 g/mol. The first-order chi connectivity index (χ1) is 6.36. The topological polar surface area (TPSA) is 67.3 Å². The summed E-state index contributed by atoms with van der Waals surface area (Å²) in [7, 11) is 1.61. The lowest BCUT2D eigenvalue weighted by atomic mass is 10.4.